The van der Waals surface area contributed by atoms with Crippen LogP contribution < -0.4 is 0 Å². The van der Waals surface area contributed by atoms with Crippen LogP contribution in [0.2, 0.25) is 8.67 Å². The van der Waals surface area contributed by atoms with Gasteiger partial charge in [0, 0.05) is 10.9 Å². The first-order chi connectivity index (χ1) is 10.9. The molecule has 0 radical (unpaired) electrons. The highest BCUT2D eigenvalue weighted by atomic mass is 35.5. The highest BCUT2D eigenvalue weighted by molar-refractivity contribution is 7.20. The molecule has 0 unspecified atom stereocenters. The number of pyridine rings is 1. The van der Waals surface area contributed by atoms with Gasteiger partial charge in [-0.2, -0.15) is 0 Å². The molecule has 118 valence electrons. The summed E-state index contributed by atoms with van der Waals surface area (Å²) in [6.07, 6.45) is 0. The van der Waals surface area contributed by atoms with Crippen molar-refractivity contribution in [2.24, 2.45) is 0 Å². The summed E-state index contributed by atoms with van der Waals surface area (Å²) in [4.78, 5) is 16.4. The Hall–Kier alpha value is -1.62. The molecule has 1 aromatic carbocycles. The van der Waals surface area contributed by atoms with Crippen LogP contribution in [0.4, 0.5) is 0 Å². The van der Waals surface area contributed by atoms with Crippen molar-refractivity contribution < 1.29 is 9.90 Å². The number of thiophene rings is 1. The van der Waals surface area contributed by atoms with Gasteiger partial charge in [0.2, 0.25) is 0 Å². The number of carboxylic acids is 1. The molecule has 0 fully saturated rings. The van der Waals surface area contributed by atoms with E-state index in [1.165, 1.54) is 11.3 Å². The Morgan fingerprint density at radius 2 is 2.00 bits per heavy atom. The molecule has 0 atom stereocenters. The molecule has 2 aromatic heterocycles. The normalized spacial score (nSPS) is 11.3. The predicted molar refractivity (Wildman–Crippen MR) is 96.1 cm³/mol. The Morgan fingerprint density at radius 3 is 2.57 bits per heavy atom. The molecule has 0 saturated heterocycles. The molecule has 0 saturated carbocycles. The fourth-order valence-corrected chi connectivity index (χ4v) is 4.05. The maximum Gasteiger partial charge on any atom is 0.336 e. The molecule has 0 bridgehead atoms. The fourth-order valence-electron chi connectivity index (χ4n) is 2.57. The van der Waals surface area contributed by atoms with E-state index < -0.39 is 5.97 Å². The molecule has 2 heterocycles. The first-order valence-corrected chi connectivity index (χ1v) is 8.58. The highest BCUT2D eigenvalue weighted by Gasteiger charge is 2.18. The van der Waals surface area contributed by atoms with E-state index in [0.717, 1.165) is 5.56 Å². The summed E-state index contributed by atoms with van der Waals surface area (Å²) in [6, 6.07) is 8.88. The van der Waals surface area contributed by atoms with Gasteiger partial charge < -0.3 is 5.11 Å². The number of para-hydroxylation sites is 1. The van der Waals surface area contributed by atoms with Gasteiger partial charge in [0.1, 0.15) is 4.34 Å². The Labute approximate surface area is 147 Å². The van der Waals surface area contributed by atoms with Gasteiger partial charge >= 0.3 is 5.97 Å². The third kappa shape index (κ3) is 2.94. The molecule has 1 N–H and O–H groups in total. The lowest BCUT2D eigenvalue weighted by Gasteiger charge is -2.12. The van der Waals surface area contributed by atoms with Crippen molar-refractivity contribution in [2.75, 3.05) is 0 Å². The smallest absolute Gasteiger partial charge is 0.336 e. The number of carbonyl (C=O) groups is 1. The largest absolute Gasteiger partial charge is 0.478 e. The van der Waals surface area contributed by atoms with E-state index in [9.17, 15) is 9.90 Å². The molecule has 0 aliphatic heterocycles. The molecule has 0 aliphatic rings. The Kier molecular flexibility index (Phi) is 4.32. The van der Waals surface area contributed by atoms with Crippen LogP contribution in [0.3, 0.4) is 0 Å². The van der Waals surface area contributed by atoms with E-state index in [0.29, 0.717) is 30.8 Å². The molecule has 0 aliphatic carbocycles. The van der Waals surface area contributed by atoms with E-state index in [-0.39, 0.29) is 11.5 Å². The maximum absolute atomic E-state index is 11.7. The summed E-state index contributed by atoms with van der Waals surface area (Å²) in [7, 11) is 0. The molecule has 0 amide bonds. The van der Waals surface area contributed by atoms with Gasteiger partial charge in [0.15, 0.2) is 0 Å². The zero-order valence-corrected chi connectivity index (χ0v) is 14.8. The average molecular weight is 366 g/mol. The van der Waals surface area contributed by atoms with Crippen LogP contribution in [0, 0.1) is 0 Å². The molecule has 3 aromatic rings. The van der Waals surface area contributed by atoms with Gasteiger partial charge in [-0.15, -0.1) is 11.3 Å². The molecule has 23 heavy (non-hydrogen) atoms. The number of fused-ring (bicyclic) bond motifs is 1. The molecule has 6 heteroatoms. The Bertz CT molecular complexity index is 918. The SMILES string of the molecule is CC(C)c1cccc2c(C(=O)O)cc(-c3cc(Cl)sc3Cl)nc12. The lowest BCUT2D eigenvalue weighted by Crippen LogP contribution is -2.02. The Morgan fingerprint density at radius 1 is 1.26 bits per heavy atom. The van der Waals surface area contributed by atoms with Crippen LogP contribution in [0.15, 0.2) is 30.3 Å². The molecule has 3 nitrogen and oxygen atoms in total. The van der Waals surface area contributed by atoms with E-state index in [4.69, 9.17) is 23.2 Å². The zero-order valence-electron chi connectivity index (χ0n) is 12.4. The van der Waals surface area contributed by atoms with Crippen molar-refractivity contribution in [3.05, 3.63) is 50.1 Å². The van der Waals surface area contributed by atoms with Gasteiger partial charge in [-0.05, 0) is 23.6 Å². The number of nitrogens with zero attached hydrogens (tertiary/aromatic N) is 1. The highest BCUT2D eigenvalue weighted by Crippen LogP contribution is 2.39. The van der Waals surface area contributed by atoms with Gasteiger partial charge in [-0.1, -0.05) is 55.2 Å². The van der Waals surface area contributed by atoms with E-state index in [1.807, 2.05) is 12.1 Å². The number of benzene rings is 1. The summed E-state index contributed by atoms with van der Waals surface area (Å²) in [6.45, 7) is 4.11. The second kappa shape index (κ2) is 6.11. The number of hydrogen-bond donors (Lipinski definition) is 1. The Balaban J connectivity index is 2.39. The second-order valence-corrected chi connectivity index (χ2v) is 7.78. The summed E-state index contributed by atoms with van der Waals surface area (Å²) < 4.78 is 1.04. The van der Waals surface area contributed by atoms with Crippen LogP contribution in [0.5, 0.6) is 0 Å². The first-order valence-electron chi connectivity index (χ1n) is 7.00. The van der Waals surface area contributed by atoms with Crippen molar-refractivity contribution in [1.82, 2.24) is 4.98 Å². The van der Waals surface area contributed by atoms with E-state index in [1.54, 1.807) is 18.2 Å². The third-order valence-corrected chi connectivity index (χ3v) is 5.14. The summed E-state index contributed by atoms with van der Waals surface area (Å²) in [5, 5.41) is 10.2. The standard InChI is InChI=1S/C17H13Cl2NO2S/c1-8(2)9-4-3-5-10-11(17(21)22)6-13(20-15(9)10)12-7-14(18)23-16(12)19/h3-8H,1-2H3,(H,21,22). The van der Waals surface area contributed by atoms with E-state index in [2.05, 4.69) is 18.8 Å². The van der Waals surface area contributed by atoms with Crippen LogP contribution in [-0.4, -0.2) is 16.1 Å². The minimum atomic E-state index is -0.989. The number of aromatic carboxylic acids is 1. The van der Waals surface area contributed by atoms with Gasteiger partial charge in [0.05, 0.1) is 21.1 Å². The number of halogens is 2. The molecular weight excluding hydrogens is 353 g/mol. The quantitative estimate of drug-likeness (QED) is 0.610. The van der Waals surface area contributed by atoms with Crippen LogP contribution in [0.25, 0.3) is 22.2 Å². The van der Waals surface area contributed by atoms with Gasteiger partial charge in [0.25, 0.3) is 0 Å². The summed E-state index contributed by atoms with van der Waals surface area (Å²) >= 11 is 13.5. The molecule has 3 rings (SSSR count). The van der Waals surface area contributed by atoms with Crippen molar-refractivity contribution in [3.8, 4) is 11.3 Å². The van der Waals surface area contributed by atoms with Gasteiger partial charge in [-0.25, -0.2) is 9.78 Å². The minimum absolute atomic E-state index is 0.214. The number of rotatable bonds is 3. The zero-order chi connectivity index (χ0) is 16.7. The van der Waals surface area contributed by atoms with Crippen molar-refractivity contribution in [1.29, 1.82) is 0 Å². The molecular formula is C17H13Cl2NO2S. The van der Waals surface area contributed by atoms with Crippen molar-refractivity contribution in [2.45, 2.75) is 19.8 Å². The number of carboxylic acid groups (broad SMARTS) is 1. The topological polar surface area (TPSA) is 50.2 Å². The van der Waals surface area contributed by atoms with Crippen molar-refractivity contribution >= 4 is 51.4 Å². The third-order valence-electron chi connectivity index (χ3n) is 3.66. The first kappa shape index (κ1) is 16.2. The fraction of sp³-hybridized carbons (Fsp3) is 0.176. The van der Waals surface area contributed by atoms with Crippen LogP contribution in [-0.2, 0) is 0 Å². The monoisotopic (exact) mass is 365 g/mol. The minimum Gasteiger partial charge on any atom is -0.478 e. The molecule has 0 spiro atoms. The van der Waals surface area contributed by atoms with Crippen LogP contribution >= 0.6 is 34.5 Å². The lowest BCUT2D eigenvalue weighted by atomic mass is 9.96. The summed E-state index contributed by atoms with van der Waals surface area (Å²) in [5.74, 6) is -0.762. The van der Waals surface area contributed by atoms with E-state index >= 15 is 0 Å². The lowest BCUT2D eigenvalue weighted by molar-refractivity contribution is 0.0699. The second-order valence-electron chi connectivity index (χ2n) is 5.50. The number of aromatic nitrogens is 1. The van der Waals surface area contributed by atoms with Crippen LogP contribution in [0.1, 0.15) is 35.7 Å². The predicted octanol–water partition coefficient (Wildman–Crippen LogP) is 6.09. The van der Waals surface area contributed by atoms with Gasteiger partial charge in [-0.3, -0.25) is 0 Å². The maximum atomic E-state index is 11.7. The summed E-state index contributed by atoms with van der Waals surface area (Å²) in [5.41, 5.74) is 3.09. The average Bonchev–Trinajstić information content (AvgIpc) is 2.83. The number of hydrogen-bond acceptors (Lipinski definition) is 3. The van der Waals surface area contributed by atoms with Crippen molar-refractivity contribution in [3.63, 3.8) is 0 Å².